The predicted molar refractivity (Wildman–Crippen MR) is 60.3 cm³/mol. The molecule has 1 saturated carbocycles. The molecule has 1 aliphatic carbocycles. The van der Waals surface area contributed by atoms with E-state index in [1.54, 1.807) is 18.4 Å². The molecule has 0 radical (unpaired) electrons. The van der Waals surface area contributed by atoms with Gasteiger partial charge in [0.2, 0.25) is 0 Å². The number of oxime groups is 1. The van der Waals surface area contributed by atoms with Gasteiger partial charge in [0.1, 0.15) is 7.11 Å². The molecule has 2 rings (SSSR count). The molecule has 2 nitrogen and oxygen atoms in total. The van der Waals surface area contributed by atoms with Gasteiger partial charge in [0.25, 0.3) is 0 Å². The molecule has 1 aliphatic rings. The van der Waals surface area contributed by atoms with Crippen LogP contribution in [0.25, 0.3) is 0 Å². The van der Waals surface area contributed by atoms with Crippen LogP contribution in [-0.4, -0.2) is 12.8 Å². The molecule has 1 heterocycles. The first-order valence-corrected chi connectivity index (χ1v) is 5.74. The molecule has 0 amide bonds. The highest BCUT2D eigenvalue weighted by Crippen LogP contribution is 2.50. The van der Waals surface area contributed by atoms with Crippen molar-refractivity contribution in [3.63, 3.8) is 0 Å². The summed E-state index contributed by atoms with van der Waals surface area (Å²) in [5, 5.41) is 3.96. The Kier molecular flexibility index (Phi) is 2.79. The summed E-state index contributed by atoms with van der Waals surface area (Å²) in [6.07, 6.45) is 1.18. The number of thiophene rings is 1. The molecule has 1 aromatic heterocycles. The molecule has 0 unspecified atom stereocenters. The Bertz CT molecular complexity index is 361. The topological polar surface area (TPSA) is 21.6 Å². The lowest BCUT2D eigenvalue weighted by Gasteiger charge is -1.96. The van der Waals surface area contributed by atoms with Crippen LogP contribution in [0.4, 0.5) is 0 Å². The lowest BCUT2D eigenvalue weighted by atomic mass is 10.2. The zero-order valence-electron chi connectivity index (χ0n) is 8.16. The molecule has 0 saturated heterocycles. The SMILES string of the molecule is CON=C(C)[C@@H]1C[C@H]1c1ccc(Cl)s1. The molecule has 0 spiro atoms. The van der Waals surface area contributed by atoms with Crippen LogP contribution in [-0.2, 0) is 4.84 Å². The molecule has 0 N–H and O–H groups in total. The third-order valence-corrected chi connectivity index (χ3v) is 3.88. The second kappa shape index (κ2) is 3.91. The van der Waals surface area contributed by atoms with Crippen molar-refractivity contribution < 1.29 is 4.84 Å². The third kappa shape index (κ3) is 1.93. The minimum atomic E-state index is 0.560. The summed E-state index contributed by atoms with van der Waals surface area (Å²) in [6, 6.07) is 4.07. The fourth-order valence-electron chi connectivity index (χ4n) is 1.71. The second-order valence-corrected chi connectivity index (χ2v) is 5.25. The summed E-state index contributed by atoms with van der Waals surface area (Å²) < 4.78 is 0.868. The van der Waals surface area contributed by atoms with Gasteiger partial charge < -0.3 is 4.84 Å². The molecule has 1 aromatic rings. The van der Waals surface area contributed by atoms with Gasteiger partial charge in [-0.2, -0.15) is 0 Å². The summed E-state index contributed by atoms with van der Waals surface area (Å²) in [7, 11) is 1.59. The van der Waals surface area contributed by atoms with Crippen molar-refractivity contribution in [3.05, 3.63) is 21.3 Å². The van der Waals surface area contributed by atoms with Gasteiger partial charge in [-0.1, -0.05) is 16.8 Å². The van der Waals surface area contributed by atoms with E-state index in [0.717, 1.165) is 10.0 Å². The first-order chi connectivity index (χ1) is 6.72. The van der Waals surface area contributed by atoms with Gasteiger partial charge in [0.05, 0.1) is 10.0 Å². The van der Waals surface area contributed by atoms with Gasteiger partial charge in [-0.25, -0.2) is 0 Å². The minimum absolute atomic E-state index is 0.560. The molecule has 4 heteroatoms. The summed E-state index contributed by atoms with van der Waals surface area (Å²) in [5.41, 5.74) is 1.09. The smallest absolute Gasteiger partial charge is 0.106 e. The number of hydrogen-bond acceptors (Lipinski definition) is 3. The maximum Gasteiger partial charge on any atom is 0.106 e. The van der Waals surface area contributed by atoms with Crippen molar-refractivity contribution in [1.29, 1.82) is 0 Å². The first-order valence-electron chi connectivity index (χ1n) is 4.55. The van der Waals surface area contributed by atoms with Crippen LogP contribution in [0, 0.1) is 5.92 Å². The highest BCUT2D eigenvalue weighted by molar-refractivity contribution is 7.16. The van der Waals surface area contributed by atoms with Crippen LogP contribution < -0.4 is 0 Å². The second-order valence-electron chi connectivity index (χ2n) is 3.51. The van der Waals surface area contributed by atoms with Crippen molar-refractivity contribution >= 4 is 28.6 Å². The van der Waals surface area contributed by atoms with Crippen molar-refractivity contribution in [2.45, 2.75) is 19.3 Å². The lowest BCUT2D eigenvalue weighted by Crippen LogP contribution is -1.96. The van der Waals surface area contributed by atoms with Gasteiger partial charge in [-0.05, 0) is 25.5 Å². The Hall–Kier alpha value is -0.540. The van der Waals surface area contributed by atoms with Crippen LogP contribution in [0.2, 0.25) is 4.34 Å². The standard InChI is InChI=1S/C10H12ClNOS/c1-6(12-13-2)7-5-8(7)9-3-4-10(11)14-9/h3-4,7-8H,5H2,1-2H3/t7-,8+/m0/s1. The van der Waals surface area contributed by atoms with Crippen molar-refractivity contribution in [1.82, 2.24) is 0 Å². The van der Waals surface area contributed by atoms with Gasteiger partial charge in [0.15, 0.2) is 0 Å². The predicted octanol–water partition coefficient (Wildman–Crippen LogP) is 3.53. The van der Waals surface area contributed by atoms with E-state index in [4.69, 9.17) is 16.4 Å². The van der Waals surface area contributed by atoms with Crippen molar-refractivity contribution in [2.24, 2.45) is 11.1 Å². The number of rotatable bonds is 3. The van der Waals surface area contributed by atoms with Crippen molar-refractivity contribution in [3.8, 4) is 0 Å². The van der Waals surface area contributed by atoms with E-state index in [9.17, 15) is 0 Å². The summed E-state index contributed by atoms with van der Waals surface area (Å²) in [5.74, 6) is 1.18. The monoisotopic (exact) mass is 229 g/mol. The lowest BCUT2D eigenvalue weighted by molar-refractivity contribution is 0.212. The van der Waals surface area contributed by atoms with Crippen LogP contribution >= 0.6 is 22.9 Å². The van der Waals surface area contributed by atoms with Gasteiger partial charge in [-0.3, -0.25) is 0 Å². The van der Waals surface area contributed by atoms with E-state index in [1.807, 2.05) is 13.0 Å². The molecule has 1 fully saturated rings. The molecule has 0 aliphatic heterocycles. The van der Waals surface area contributed by atoms with E-state index < -0.39 is 0 Å². The van der Waals surface area contributed by atoms with Crippen LogP contribution in [0.5, 0.6) is 0 Å². The molecular weight excluding hydrogens is 218 g/mol. The van der Waals surface area contributed by atoms with E-state index in [1.165, 1.54) is 11.3 Å². The maximum absolute atomic E-state index is 5.88. The molecule has 0 bridgehead atoms. The summed E-state index contributed by atoms with van der Waals surface area (Å²) >= 11 is 7.55. The van der Waals surface area contributed by atoms with Crippen LogP contribution in [0.1, 0.15) is 24.1 Å². The number of halogens is 1. The third-order valence-electron chi connectivity index (χ3n) is 2.52. The zero-order chi connectivity index (χ0) is 10.1. The van der Waals surface area contributed by atoms with Gasteiger partial charge in [0, 0.05) is 16.7 Å². The maximum atomic E-state index is 5.88. The van der Waals surface area contributed by atoms with E-state index >= 15 is 0 Å². The van der Waals surface area contributed by atoms with E-state index in [0.29, 0.717) is 11.8 Å². The Morgan fingerprint density at radius 3 is 3.00 bits per heavy atom. The fourth-order valence-corrected chi connectivity index (χ4v) is 2.95. The van der Waals surface area contributed by atoms with Crippen molar-refractivity contribution in [2.75, 3.05) is 7.11 Å². The number of hydrogen-bond donors (Lipinski definition) is 0. The van der Waals surface area contributed by atoms with E-state index in [-0.39, 0.29) is 0 Å². The van der Waals surface area contributed by atoms with Crippen LogP contribution in [0.15, 0.2) is 17.3 Å². The zero-order valence-corrected chi connectivity index (χ0v) is 9.73. The Labute approximate surface area is 92.5 Å². The summed E-state index contributed by atoms with van der Waals surface area (Å²) in [4.78, 5) is 6.13. The quantitative estimate of drug-likeness (QED) is 0.574. The Morgan fingerprint density at radius 2 is 2.43 bits per heavy atom. The van der Waals surface area contributed by atoms with Gasteiger partial charge in [-0.15, -0.1) is 11.3 Å². The van der Waals surface area contributed by atoms with E-state index in [2.05, 4.69) is 11.2 Å². The molecular formula is C10H12ClNOS. The normalized spacial score (nSPS) is 26.4. The molecule has 76 valence electrons. The Morgan fingerprint density at radius 1 is 1.64 bits per heavy atom. The number of nitrogens with zero attached hydrogens (tertiary/aromatic N) is 1. The fraction of sp³-hybridized carbons (Fsp3) is 0.500. The highest BCUT2D eigenvalue weighted by Gasteiger charge is 2.41. The van der Waals surface area contributed by atoms with Crippen LogP contribution in [0.3, 0.4) is 0 Å². The molecule has 2 atom stereocenters. The largest absolute Gasteiger partial charge is 0.399 e. The minimum Gasteiger partial charge on any atom is -0.399 e. The average molecular weight is 230 g/mol. The first kappa shape index (κ1) is 9.99. The Balaban J connectivity index is 2.02. The average Bonchev–Trinajstić information content (AvgIpc) is 2.84. The molecule has 0 aromatic carbocycles. The molecule has 14 heavy (non-hydrogen) atoms. The van der Waals surface area contributed by atoms with Gasteiger partial charge >= 0.3 is 0 Å². The summed E-state index contributed by atoms with van der Waals surface area (Å²) in [6.45, 7) is 2.02. The highest BCUT2D eigenvalue weighted by atomic mass is 35.5.